The Hall–Kier alpha value is -3.66. The summed E-state index contributed by atoms with van der Waals surface area (Å²) in [7, 11) is 3.00. The van der Waals surface area contributed by atoms with Crippen LogP contribution in [0.25, 0.3) is 11.4 Å². The Balaban J connectivity index is 1.57. The van der Waals surface area contributed by atoms with Gasteiger partial charge in [0.1, 0.15) is 6.54 Å². The van der Waals surface area contributed by atoms with Gasteiger partial charge in [-0.05, 0) is 18.2 Å². The molecule has 10 nitrogen and oxygen atoms in total. The summed E-state index contributed by atoms with van der Waals surface area (Å²) in [6.45, 7) is 0.661. The van der Waals surface area contributed by atoms with Crippen LogP contribution in [0.2, 0.25) is 5.02 Å². The topological polar surface area (TPSA) is 114 Å². The van der Waals surface area contributed by atoms with Crippen molar-refractivity contribution in [3.8, 4) is 34.4 Å². The SMILES string of the molecule is COc1ccc(-c2noc(=O)n2CC(=O)Nc2cc3c(cc2Cl)OCCCO3)cc1OC. The minimum Gasteiger partial charge on any atom is -0.493 e. The second kappa shape index (κ2) is 9.23. The molecular formula is C21H20ClN3O7. The van der Waals surface area contributed by atoms with Gasteiger partial charge in [-0.2, -0.15) is 0 Å². The van der Waals surface area contributed by atoms with E-state index in [0.717, 1.165) is 11.0 Å². The van der Waals surface area contributed by atoms with Crippen molar-refractivity contribution < 1.29 is 28.3 Å². The van der Waals surface area contributed by atoms with Gasteiger partial charge in [-0.25, -0.2) is 9.36 Å². The lowest BCUT2D eigenvalue weighted by atomic mass is 10.2. The molecule has 168 valence electrons. The number of anilines is 1. The molecule has 1 amide bonds. The number of amides is 1. The standard InChI is InChI=1S/C21H20ClN3O7/c1-28-15-5-4-12(8-16(15)29-2)20-24-32-21(27)25(20)11-19(26)23-14-10-18-17(9-13(14)22)30-6-3-7-31-18/h4-5,8-10H,3,6-7,11H2,1-2H3,(H,23,26). The fourth-order valence-corrected chi connectivity index (χ4v) is 3.40. The Bertz CT molecular complexity index is 1200. The van der Waals surface area contributed by atoms with E-state index in [9.17, 15) is 9.59 Å². The minimum absolute atomic E-state index is 0.163. The molecule has 4 rings (SSSR count). The number of aromatic nitrogens is 2. The van der Waals surface area contributed by atoms with Crippen LogP contribution >= 0.6 is 11.6 Å². The molecule has 1 aliphatic rings. The summed E-state index contributed by atoms with van der Waals surface area (Å²) in [5.74, 6) is 0.816. The zero-order valence-corrected chi connectivity index (χ0v) is 18.1. The van der Waals surface area contributed by atoms with Crippen molar-refractivity contribution in [1.82, 2.24) is 9.72 Å². The summed E-state index contributed by atoms with van der Waals surface area (Å²) in [5.41, 5.74) is 0.841. The van der Waals surface area contributed by atoms with E-state index in [1.54, 1.807) is 30.3 Å². The number of fused-ring (bicyclic) bond motifs is 1. The fourth-order valence-electron chi connectivity index (χ4n) is 3.20. The third-order valence-electron chi connectivity index (χ3n) is 4.74. The Morgan fingerprint density at radius 1 is 1.12 bits per heavy atom. The van der Waals surface area contributed by atoms with Crippen LogP contribution in [-0.2, 0) is 11.3 Å². The normalized spacial score (nSPS) is 12.7. The quantitative estimate of drug-likeness (QED) is 0.596. The van der Waals surface area contributed by atoms with E-state index in [-0.39, 0.29) is 17.4 Å². The molecule has 0 atom stereocenters. The Morgan fingerprint density at radius 3 is 2.56 bits per heavy atom. The molecule has 0 saturated heterocycles. The van der Waals surface area contributed by atoms with Gasteiger partial charge < -0.3 is 24.3 Å². The molecule has 1 aromatic heterocycles. The molecule has 2 aromatic carbocycles. The highest BCUT2D eigenvalue weighted by Gasteiger charge is 2.20. The van der Waals surface area contributed by atoms with Crippen molar-refractivity contribution in [2.45, 2.75) is 13.0 Å². The number of nitrogens with one attached hydrogen (secondary N) is 1. The summed E-state index contributed by atoms with van der Waals surface area (Å²) >= 11 is 6.29. The van der Waals surface area contributed by atoms with Gasteiger partial charge in [0.2, 0.25) is 5.91 Å². The molecule has 1 aliphatic heterocycles. The first kappa shape index (κ1) is 21.6. The lowest BCUT2D eigenvalue weighted by molar-refractivity contribution is -0.116. The molecule has 0 spiro atoms. The molecule has 32 heavy (non-hydrogen) atoms. The van der Waals surface area contributed by atoms with E-state index in [2.05, 4.69) is 10.5 Å². The molecule has 0 saturated carbocycles. The maximum atomic E-state index is 12.7. The minimum atomic E-state index is -0.783. The summed E-state index contributed by atoms with van der Waals surface area (Å²) in [6, 6.07) is 8.14. The van der Waals surface area contributed by atoms with Gasteiger partial charge in [0.25, 0.3) is 0 Å². The number of carbonyl (C=O) groups excluding carboxylic acids is 1. The number of carbonyl (C=O) groups is 1. The number of halogens is 1. The Morgan fingerprint density at radius 2 is 1.84 bits per heavy atom. The molecule has 0 aliphatic carbocycles. The van der Waals surface area contributed by atoms with Gasteiger partial charge in [0.05, 0.1) is 38.1 Å². The predicted molar refractivity (Wildman–Crippen MR) is 115 cm³/mol. The van der Waals surface area contributed by atoms with Crippen molar-refractivity contribution >= 4 is 23.2 Å². The van der Waals surface area contributed by atoms with Gasteiger partial charge in [-0.3, -0.25) is 9.32 Å². The van der Waals surface area contributed by atoms with Crippen LogP contribution in [0.1, 0.15) is 6.42 Å². The van der Waals surface area contributed by atoms with Crippen molar-refractivity contribution in [2.75, 3.05) is 32.8 Å². The number of methoxy groups -OCH3 is 2. The molecule has 2 heterocycles. The second-order valence-corrected chi connectivity index (χ2v) is 7.21. The third-order valence-corrected chi connectivity index (χ3v) is 5.05. The molecule has 3 aromatic rings. The van der Waals surface area contributed by atoms with E-state index in [1.165, 1.54) is 14.2 Å². The maximum Gasteiger partial charge on any atom is 0.442 e. The van der Waals surface area contributed by atoms with E-state index in [0.29, 0.717) is 47.5 Å². The number of ether oxygens (including phenoxy) is 4. The molecule has 0 radical (unpaired) electrons. The molecular weight excluding hydrogens is 442 g/mol. The lowest BCUT2D eigenvalue weighted by Crippen LogP contribution is -2.25. The van der Waals surface area contributed by atoms with Gasteiger partial charge in [0, 0.05) is 24.1 Å². The zero-order chi connectivity index (χ0) is 22.7. The van der Waals surface area contributed by atoms with E-state index < -0.39 is 11.7 Å². The van der Waals surface area contributed by atoms with Crippen molar-refractivity contribution in [3.63, 3.8) is 0 Å². The predicted octanol–water partition coefficient (Wildman–Crippen LogP) is 2.97. The van der Waals surface area contributed by atoms with Crippen LogP contribution in [0.3, 0.4) is 0 Å². The van der Waals surface area contributed by atoms with Crippen molar-refractivity contribution in [1.29, 1.82) is 0 Å². The average Bonchev–Trinajstić information content (AvgIpc) is 2.99. The summed E-state index contributed by atoms with van der Waals surface area (Å²) in [4.78, 5) is 24.9. The first-order valence-electron chi connectivity index (χ1n) is 9.68. The first-order chi connectivity index (χ1) is 15.5. The number of hydrogen-bond acceptors (Lipinski definition) is 8. The first-order valence-corrected chi connectivity index (χ1v) is 10.1. The van der Waals surface area contributed by atoms with E-state index in [4.69, 9.17) is 35.1 Å². The van der Waals surface area contributed by atoms with Crippen molar-refractivity contribution in [3.05, 3.63) is 45.9 Å². The van der Waals surface area contributed by atoms with Crippen LogP contribution in [-0.4, -0.2) is 43.1 Å². The van der Waals surface area contributed by atoms with Crippen LogP contribution in [0.5, 0.6) is 23.0 Å². The third kappa shape index (κ3) is 4.35. The van der Waals surface area contributed by atoms with Gasteiger partial charge in [0.15, 0.2) is 28.8 Å². The molecule has 11 heteroatoms. The Labute approximate surface area is 187 Å². The van der Waals surface area contributed by atoms with E-state index >= 15 is 0 Å². The van der Waals surface area contributed by atoms with Crippen molar-refractivity contribution in [2.24, 2.45) is 0 Å². The number of nitrogens with zero attached hydrogens (tertiary/aromatic N) is 2. The zero-order valence-electron chi connectivity index (χ0n) is 17.3. The number of hydrogen-bond donors (Lipinski definition) is 1. The number of benzene rings is 2. The molecule has 0 unspecified atom stereocenters. The van der Waals surface area contributed by atoms with Gasteiger partial charge >= 0.3 is 5.76 Å². The lowest BCUT2D eigenvalue weighted by Gasteiger charge is -2.13. The van der Waals surface area contributed by atoms with Crippen LogP contribution in [0.15, 0.2) is 39.6 Å². The monoisotopic (exact) mass is 461 g/mol. The Kier molecular flexibility index (Phi) is 6.22. The molecule has 0 bridgehead atoms. The highest BCUT2D eigenvalue weighted by molar-refractivity contribution is 6.34. The maximum absolute atomic E-state index is 12.7. The number of rotatable bonds is 6. The fraction of sp³-hybridized carbons (Fsp3) is 0.286. The summed E-state index contributed by atoms with van der Waals surface area (Å²) in [6.07, 6.45) is 0.739. The smallest absolute Gasteiger partial charge is 0.442 e. The highest BCUT2D eigenvalue weighted by atomic mass is 35.5. The molecule has 1 N–H and O–H groups in total. The van der Waals surface area contributed by atoms with Gasteiger partial charge in [-0.1, -0.05) is 16.8 Å². The summed E-state index contributed by atoms with van der Waals surface area (Å²) < 4.78 is 27.6. The second-order valence-electron chi connectivity index (χ2n) is 6.81. The van der Waals surface area contributed by atoms with Gasteiger partial charge in [-0.15, -0.1) is 0 Å². The van der Waals surface area contributed by atoms with Crippen LogP contribution < -0.4 is 30.0 Å². The largest absolute Gasteiger partial charge is 0.493 e. The summed E-state index contributed by atoms with van der Waals surface area (Å²) in [5, 5.41) is 6.76. The molecule has 0 fully saturated rings. The highest BCUT2D eigenvalue weighted by Crippen LogP contribution is 2.37. The van der Waals surface area contributed by atoms with Crippen LogP contribution in [0.4, 0.5) is 5.69 Å². The van der Waals surface area contributed by atoms with Crippen LogP contribution in [0, 0.1) is 0 Å². The van der Waals surface area contributed by atoms with E-state index in [1.807, 2.05) is 0 Å². The average molecular weight is 462 g/mol.